The monoisotopic (exact) mass is 272 g/mol. The highest BCUT2D eigenvalue weighted by Gasteiger charge is 2.27. The van der Waals surface area contributed by atoms with Crippen molar-refractivity contribution in [2.75, 3.05) is 6.61 Å². The highest BCUT2D eigenvalue weighted by atomic mass is 19.4. The predicted molar refractivity (Wildman–Crippen MR) is 65.5 cm³/mol. The SMILES string of the molecule is C=C(CCc1ccccc1)C(=O)OCCC(F)(F)F. The van der Waals surface area contributed by atoms with E-state index in [0.29, 0.717) is 12.8 Å². The van der Waals surface area contributed by atoms with Crippen LogP contribution in [0, 0.1) is 0 Å². The largest absolute Gasteiger partial charge is 0.462 e. The Labute approximate surface area is 109 Å². The van der Waals surface area contributed by atoms with Crippen LogP contribution in [0.3, 0.4) is 0 Å². The third-order valence-electron chi connectivity index (χ3n) is 2.47. The van der Waals surface area contributed by atoms with Crippen molar-refractivity contribution in [2.45, 2.75) is 25.4 Å². The molecule has 0 unspecified atom stereocenters. The van der Waals surface area contributed by atoms with Crippen molar-refractivity contribution in [2.24, 2.45) is 0 Å². The van der Waals surface area contributed by atoms with E-state index >= 15 is 0 Å². The number of esters is 1. The Morgan fingerprint density at radius 2 is 1.84 bits per heavy atom. The van der Waals surface area contributed by atoms with Crippen LogP contribution in [0.4, 0.5) is 13.2 Å². The van der Waals surface area contributed by atoms with Gasteiger partial charge in [-0.25, -0.2) is 4.79 Å². The van der Waals surface area contributed by atoms with Crippen molar-refractivity contribution >= 4 is 5.97 Å². The Kier molecular flexibility index (Phi) is 5.60. The van der Waals surface area contributed by atoms with E-state index in [1.807, 2.05) is 30.3 Å². The van der Waals surface area contributed by atoms with Gasteiger partial charge in [-0.3, -0.25) is 0 Å². The molecule has 1 aromatic carbocycles. The highest BCUT2D eigenvalue weighted by molar-refractivity contribution is 5.87. The van der Waals surface area contributed by atoms with Crippen molar-refractivity contribution in [3.63, 3.8) is 0 Å². The summed E-state index contributed by atoms with van der Waals surface area (Å²) in [7, 11) is 0. The van der Waals surface area contributed by atoms with Gasteiger partial charge in [0.05, 0.1) is 6.42 Å². The van der Waals surface area contributed by atoms with Crippen LogP contribution < -0.4 is 0 Å². The summed E-state index contributed by atoms with van der Waals surface area (Å²) < 4.78 is 40.1. The number of benzene rings is 1. The van der Waals surface area contributed by atoms with E-state index in [9.17, 15) is 18.0 Å². The van der Waals surface area contributed by atoms with Crippen molar-refractivity contribution in [1.29, 1.82) is 0 Å². The molecule has 19 heavy (non-hydrogen) atoms. The van der Waals surface area contributed by atoms with Crippen LogP contribution in [0.1, 0.15) is 18.4 Å². The van der Waals surface area contributed by atoms with Gasteiger partial charge in [0, 0.05) is 5.57 Å². The zero-order valence-corrected chi connectivity index (χ0v) is 10.4. The van der Waals surface area contributed by atoms with Crippen molar-refractivity contribution < 1.29 is 22.7 Å². The fraction of sp³-hybridized carbons (Fsp3) is 0.357. The quantitative estimate of drug-likeness (QED) is 0.583. The molecule has 0 aromatic heterocycles. The molecule has 0 aliphatic rings. The summed E-state index contributed by atoms with van der Waals surface area (Å²) in [6.07, 6.45) is -4.47. The molecule has 0 aliphatic carbocycles. The van der Waals surface area contributed by atoms with E-state index in [4.69, 9.17) is 0 Å². The fourth-order valence-corrected chi connectivity index (χ4v) is 1.40. The molecule has 0 heterocycles. The van der Waals surface area contributed by atoms with Gasteiger partial charge in [-0.2, -0.15) is 13.2 Å². The Balaban J connectivity index is 2.28. The van der Waals surface area contributed by atoms with Gasteiger partial charge in [0.25, 0.3) is 0 Å². The summed E-state index contributed by atoms with van der Waals surface area (Å²) in [4.78, 5) is 11.4. The van der Waals surface area contributed by atoms with E-state index in [1.54, 1.807) is 0 Å². The molecule has 0 saturated heterocycles. The van der Waals surface area contributed by atoms with Crippen LogP contribution in [-0.2, 0) is 16.0 Å². The topological polar surface area (TPSA) is 26.3 Å². The molecule has 0 radical (unpaired) electrons. The molecular weight excluding hydrogens is 257 g/mol. The van der Waals surface area contributed by atoms with Crippen molar-refractivity contribution in [3.05, 3.63) is 48.0 Å². The summed E-state index contributed by atoms with van der Waals surface area (Å²) >= 11 is 0. The highest BCUT2D eigenvalue weighted by Crippen LogP contribution is 2.19. The Bertz CT molecular complexity index is 424. The van der Waals surface area contributed by atoms with Crippen molar-refractivity contribution in [1.82, 2.24) is 0 Å². The van der Waals surface area contributed by atoms with Crippen LogP contribution >= 0.6 is 0 Å². The minimum atomic E-state index is -4.31. The maximum absolute atomic E-state index is 11.9. The molecule has 2 nitrogen and oxygen atoms in total. The molecule has 0 fully saturated rings. The van der Waals surface area contributed by atoms with Gasteiger partial charge in [-0.15, -0.1) is 0 Å². The van der Waals surface area contributed by atoms with Gasteiger partial charge in [0.2, 0.25) is 0 Å². The first-order chi connectivity index (χ1) is 8.88. The van der Waals surface area contributed by atoms with Crippen LogP contribution in [0.15, 0.2) is 42.5 Å². The molecule has 0 amide bonds. The van der Waals surface area contributed by atoms with Gasteiger partial charge in [0.1, 0.15) is 6.61 Å². The zero-order valence-electron chi connectivity index (χ0n) is 10.4. The maximum Gasteiger partial charge on any atom is 0.392 e. The predicted octanol–water partition coefficient (Wildman–Crippen LogP) is 3.67. The molecule has 0 aliphatic heterocycles. The lowest BCUT2D eigenvalue weighted by Gasteiger charge is -2.09. The number of alkyl halides is 3. The number of hydrogen-bond donors (Lipinski definition) is 0. The molecule has 0 saturated carbocycles. The number of aryl methyl sites for hydroxylation is 1. The minimum Gasteiger partial charge on any atom is -0.462 e. The molecule has 5 heteroatoms. The number of carbonyl (C=O) groups is 1. The molecular formula is C14H15F3O2. The van der Waals surface area contributed by atoms with Crippen LogP contribution in [-0.4, -0.2) is 18.8 Å². The van der Waals surface area contributed by atoms with Crippen LogP contribution in [0.25, 0.3) is 0 Å². The average molecular weight is 272 g/mol. The molecule has 0 N–H and O–H groups in total. The first kappa shape index (κ1) is 15.3. The number of ether oxygens (including phenoxy) is 1. The Morgan fingerprint density at radius 1 is 1.21 bits per heavy atom. The molecule has 1 rings (SSSR count). The second kappa shape index (κ2) is 6.97. The van der Waals surface area contributed by atoms with E-state index in [1.165, 1.54) is 0 Å². The van der Waals surface area contributed by atoms with Gasteiger partial charge >= 0.3 is 12.1 Å². The number of halogens is 3. The van der Waals surface area contributed by atoms with E-state index in [0.717, 1.165) is 5.56 Å². The van der Waals surface area contributed by atoms with Gasteiger partial charge in [0.15, 0.2) is 0 Å². The molecule has 0 atom stereocenters. The van der Waals surface area contributed by atoms with Crippen molar-refractivity contribution in [3.8, 4) is 0 Å². The summed E-state index contributed by atoms with van der Waals surface area (Å²) in [6, 6.07) is 9.44. The molecule has 1 aromatic rings. The summed E-state index contributed by atoms with van der Waals surface area (Å²) in [6.45, 7) is 2.87. The molecule has 0 bridgehead atoms. The molecule has 104 valence electrons. The smallest absolute Gasteiger partial charge is 0.392 e. The van der Waals surface area contributed by atoms with Gasteiger partial charge in [-0.05, 0) is 18.4 Å². The normalized spacial score (nSPS) is 11.1. The first-order valence-corrected chi connectivity index (χ1v) is 5.84. The third kappa shape index (κ3) is 6.64. The molecule has 0 spiro atoms. The fourth-order valence-electron chi connectivity index (χ4n) is 1.40. The minimum absolute atomic E-state index is 0.186. The summed E-state index contributed by atoms with van der Waals surface area (Å²) in [5.74, 6) is -0.764. The first-order valence-electron chi connectivity index (χ1n) is 5.84. The maximum atomic E-state index is 11.9. The van der Waals surface area contributed by atoms with Gasteiger partial charge < -0.3 is 4.74 Å². The number of rotatable bonds is 6. The van der Waals surface area contributed by atoms with Crippen LogP contribution in [0.2, 0.25) is 0 Å². The average Bonchev–Trinajstić information content (AvgIpc) is 2.35. The third-order valence-corrected chi connectivity index (χ3v) is 2.47. The van der Waals surface area contributed by atoms with Crippen LogP contribution in [0.5, 0.6) is 0 Å². The Hall–Kier alpha value is -1.78. The zero-order chi connectivity index (χ0) is 14.3. The lowest BCUT2D eigenvalue weighted by Crippen LogP contribution is -2.15. The van der Waals surface area contributed by atoms with Gasteiger partial charge in [-0.1, -0.05) is 36.9 Å². The second-order valence-electron chi connectivity index (χ2n) is 4.09. The van der Waals surface area contributed by atoms with E-state index < -0.39 is 25.2 Å². The number of hydrogen-bond acceptors (Lipinski definition) is 2. The lowest BCUT2D eigenvalue weighted by atomic mass is 10.1. The second-order valence-corrected chi connectivity index (χ2v) is 4.09. The number of carbonyl (C=O) groups excluding carboxylic acids is 1. The van der Waals surface area contributed by atoms with E-state index in [2.05, 4.69) is 11.3 Å². The standard InChI is InChI=1S/C14H15F3O2/c1-11(7-8-12-5-3-2-4-6-12)13(18)19-10-9-14(15,16)17/h2-6H,1,7-10H2. The summed E-state index contributed by atoms with van der Waals surface area (Å²) in [5, 5.41) is 0. The van der Waals surface area contributed by atoms with E-state index in [-0.39, 0.29) is 5.57 Å². The summed E-state index contributed by atoms with van der Waals surface area (Å²) in [5.41, 5.74) is 1.22. The Morgan fingerprint density at radius 3 is 2.42 bits per heavy atom. The lowest BCUT2D eigenvalue weighted by molar-refractivity contribution is -0.156.